The van der Waals surface area contributed by atoms with Crippen LogP contribution in [0.25, 0.3) is 0 Å². The van der Waals surface area contributed by atoms with Gasteiger partial charge in [-0.3, -0.25) is 0 Å². The molecule has 0 amide bonds. The van der Waals surface area contributed by atoms with Gasteiger partial charge in [0, 0.05) is 9.79 Å². The van der Waals surface area contributed by atoms with Crippen LogP contribution in [0.5, 0.6) is 0 Å². The predicted molar refractivity (Wildman–Crippen MR) is 56.7 cm³/mol. The predicted octanol–water partition coefficient (Wildman–Crippen LogP) is 3.92. The SMILES string of the molecule is CCc1ccc2c(c1)SC=CS2. The van der Waals surface area contributed by atoms with Crippen LogP contribution in [-0.4, -0.2) is 0 Å². The summed E-state index contributed by atoms with van der Waals surface area (Å²) in [6.45, 7) is 2.19. The first kappa shape index (κ1) is 8.27. The first-order valence-electron chi connectivity index (χ1n) is 4.01. The second-order valence-corrected chi connectivity index (χ2v) is 4.54. The zero-order valence-electron chi connectivity index (χ0n) is 6.91. The smallest absolute Gasteiger partial charge is 0.0258 e. The number of hydrogen-bond acceptors (Lipinski definition) is 2. The topological polar surface area (TPSA) is 0 Å². The van der Waals surface area contributed by atoms with Crippen LogP contribution in [-0.2, 0) is 6.42 Å². The molecule has 12 heavy (non-hydrogen) atoms. The Bertz CT molecular complexity index is 316. The molecule has 0 saturated carbocycles. The first-order chi connectivity index (χ1) is 5.90. The molecule has 0 N–H and O–H groups in total. The zero-order valence-corrected chi connectivity index (χ0v) is 8.54. The minimum Gasteiger partial charge on any atom is -0.0963 e. The van der Waals surface area contributed by atoms with E-state index in [9.17, 15) is 0 Å². The number of thioether (sulfide) groups is 2. The van der Waals surface area contributed by atoms with Crippen LogP contribution in [0, 0.1) is 0 Å². The third-order valence-electron chi connectivity index (χ3n) is 1.86. The van der Waals surface area contributed by atoms with Crippen molar-refractivity contribution in [1.82, 2.24) is 0 Å². The molecule has 0 aliphatic carbocycles. The van der Waals surface area contributed by atoms with Gasteiger partial charge < -0.3 is 0 Å². The lowest BCUT2D eigenvalue weighted by molar-refractivity contribution is 1.09. The second-order valence-electron chi connectivity index (χ2n) is 2.64. The maximum Gasteiger partial charge on any atom is 0.0258 e. The van der Waals surface area contributed by atoms with Crippen LogP contribution in [0.4, 0.5) is 0 Å². The van der Waals surface area contributed by atoms with Crippen molar-refractivity contribution in [3.8, 4) is 0 Å². The van der Waals surface area contributed by atoms with E-state index in [1.54, 1.807) is 11.8 Å². The molecule has 1 heterocycles. The highest BCUT2D eigenvalue weighted by atomic mass is 32.2. The fourth-order valence-electron chi connectivity index (χ4n) is 1.16. The van der Waals surface area contributed by atoms with Crippen molar-refractivity contribution in [3.05, 3.63) is 34.6 Å². The molecule has 0 radical (unpaired) electrons. The van der Waals surface area contributed by atoms with E-state index in [4.69, 9.17) is 0 Å². The maximum atomic E-state index is 2.29. The molecule has 0 unspecified atom stereocenters. The Morgan fingerprint density at radius 3 is 2.58 bits per heavy atom. The van der Waals surface area contributed by atoms with Gasteiger partial charge in [-0.1, -0.05) is 36.5 Å². The number of aryl methyl sites for hydroxylation is 1. The summed E-state index contributed by atoms with van der Waals surface area (Å²) in [5.41, 5.74) is 1.43. The van der Waals surface area contributed by atoms with Gasteiger partial charge in [0.15, 0.2) is 0 Å². The molecule has 1 aliphatic heterocycles. The van der Waals surface area contributed by atoms with Crippen molar-refractivity contribution in [2.75, 3.05) is 0 Å². The molecular weight excluding hydrogens is 184 g/mol. The summed E-state index contributed by atoms with van der Waals surface area (Å²) < 4.78 is 0. The standard InChI is InChI=1S/C10H10S2/c1-2-8-3-4-9-10(7-8)12-6-5-11-9/h3-7H,2H2,1H3. The average molecular weight is 194 g/mol. The zero-order chi connectivity index (χ0) is 8.39. The molecule has 0 spiro atoms. The maximum absolute atomic E-state index is 2.29. The molecule has 1 aliphatic rings. The molecule has 1 aromatic rings. The lowest BCUT2D eigenvalue weighted by Crippen LogP contribution is -1.84. The summed E-state index contributed by atoms with van der Waals surface area (Å²) in [4.78, 5) is 2.79. The Morgan fingerprint density at radius 1 is 1.08 bits per heavy atom. The van der Waals surface area contributed by atoms with Gasteiger partial charge in [0.25, 0.3) is 0 Å². The third-order valence-corrected chi connectivity index (χ3v) is 3.91. The molecular formula is C10H10S2. The van der Waals surface area contributed by atoms with Crippen molar-refractivity contribution in [2.24, 2.45) is 0 Å². The van der Waals surface area contributed by atoms with E-state index in [1.807, 2.05) is 11.8 Å². The molecule has 0 atom stereocenters. The Morgan fingerprint density at radius 2 is 1.83 bits per heavy atom. The van der Waals surface area contributed by atoms with Gasteiger partial charge in [-0.25, -0.2) is 0 Å². The molecule has 0 nitrogen and oxygen atoms in total. The molecule has 62 valence electrons. The molecule has 1 aromatic carbocycles. The molecule has 0 fully saturated rings. The van der Waals surface area contributed by atoms with E-state index in [0.717, 1.165) is 6.42 Å². The van der Waals surface area contributed by atoms with Crippen molar-refractivity contribution >= 4 is 23.5 Å². The van der Waals surface area contributed by atoms with Gasteiger partial charge in [0.1, 0.15) is 0 Å². The minimum atomic E-state index is 1.13. The van der Waals surface area contributed by atoms with Gasteiger partial charge in [-0.15, -0.1) is 0 Å². The lowest BCUT2D eigenvalue weighted by Gasteiger charge is -2.10. The average Bonchev–Trinajstić information content (AvgIpc) is 2.17. The van der Waals surface area contributed by atoms with E-state index in [1.165, 1.54) is 15.4 Å². The largest absolute Gasteiger partial charge is 0.0963 e. The summed E-state index contributed by atoms with van der Waals surface area (Å²) in [7, 11) is 0. The van der Waals surface area contributed by atoms with E-state index in [-0.39, 0.29) is 0 Å². The fraction of sp³-hybridized carbons (Fsp3) is 0.200. The van der Waals surface area contributed by atoms with Gasteiger partial charge in [0.05, 0.1) is 0 Å². The van der Waals surface area contributed by atoms with Gasteiger partial charge in [0.2, 0.25) is 0 Å². The number of fused-ring (bicyclic) bond motifs is 1. The highest BCUT2D eigenvalue weighted by Crippen LogP contribution is 2.37. The van der Waals surface area contributed by atoms with E-state index in [0.29, 0.717) is 0 Å². The highest BCUT2D eigenvalue weighted by molar-refractivity contribution is 8.08. The van der Waals surface area contributed by atoms with Crippen molar-refractivity contribution in [2.45, 2.75) is 23.1 Å². The van der Waals surface area contributed by atoms with Crippen LogP contribution in [0.15, 0.2) is 38.8 Å². The van der Waals surface area contributed by atoms with Crippen molar-refractivity contribution in [1.29, 1.82) is 0 Å². The highest BCUT2D eigenvalue weighted by Gasteiger charge is 2.05. The summed E-state index contributed by atoms with van der Waals surface area (Å²) >= 11 is 3.62. The van der Waals surface area contributed by atoms with Crippen LogP contribution in [0.3, 0.4) is 0 Å². The van der Waals surface area contributed by atoms with E-state index in [2.05, 4.69) is 35.9 Å². The molecule has 0 aromatic heterocycles. The molecule has 0 bridgehead atoms. The third kappa shape index (κ3) is 1.54. The van der Waals surface area contributed by atoms with Crippen LogP contribution in [0.2, 0.25) is 0 Å². The van der Waals surface area contributed by atoms with Gasteiger partial charge in [-0.2, -0.15) is 0 Å². The van der Waals surface area contributed by atoms with Crippen LogP contribution < -0.4 is 0 Å². The van der Waals surface area contributed by atoms with E-state index >= 15 is 0 Å². The van der Waals surface area contributed by atoms with E-state index < -0.39 is 0 Å². The second kappa shape index (κ2) is 3.58. The summed E-state index contributed by atoms with van der Waals surface area (Å²) in [6, 6.07) is 6.72. The summed E-state index contributed by atoms with van der Waals surface area (Å²) in [6.07, 6.45) is 1.13. The molecule has 2 heteroatoms. The number of rotatable bonds is 1. The first-order valence-corrected chi connectivity index (χ1v) is 5.77. The van der Waals surface area contributed by atoms with Crippen molar-refractivity contribution in [3.63, 3.8) is 0 Å². The Kier molecular flexibility index (Phi) is 2.47. The van der Waals surface area contributed by atoms with Crippen LogP contribution >= 0.6 is 23.5 Å². The summed E-state index contributed by atoms with van der Waals surface area (Å²) in [5.74, 6) is 0. The fourth-order valence-corrected chi connectivity index (χ4v) is 2.92. The Labute approximate surface area is 81.4 Å². The lowest BCUT2D eigenvalue weighted by atomic mass is 10.2. The Hall–Kier alpha value is -0.340. The quantitative estimate of drug-likeness (QED) is 0.664. The van der Waals surface area contributed by atoms with Gasteiger partial charge in [-0.05, 0) is 34.9 Å². The number of hydrogen-bond donors (Lipinski definition) is 0. The Balaban J connectivity index is 2.39. The van der Waals surface area contributed by atoms with Crippen LogP contribution in [0.1, 0.15) is 12.5 Å². The summed E-state index contributed by atoms with van der Waals surface area (Å²) in [5, 5.41) is 4.28. The number of benzene rings is 1. The van der Waals surface area contributed by atoms with Crippen molar-refractivity contribution < 1.29 is 0 Å². The minimum absolute atomic E-state index is 1.13. The van der Waals surface area contributed by atoms with Gasteiger partial charge >= 0.3 is 0 Å². The monoisotopic (exact) mass is 194 g/mol. The normalized spacial score (nSPS) is 14.4. The molecule has 2 rings (SSSR count). The molecule has 0 saturated heterocycles.